The molecule has 3 aromatic rings. The van der Waals surface area contributed by atoms with E-state index in [-0.39, 0.29) is 5.91 Å². The summed E-state index contributed by atoms with van der Waals surface area (Å²) in [5.41, 5.74) is 3.37. The summed E-state index contributed by atoms with van der Waals surface area (Å²) in [5, 5.41) is 14.0. The summed E-state index contributed by atoms with van der Waals surface area (Å²) in [4.78, 5) is 19.9. The van der Waals surface area contributed by atoms with Crippen LogP contribution in [0.2, 0.25) is 0 Å². The molecule has 0 aliphatic heterocycles. The fourth-order valence-electron chi connectivity index (χ4n) is 2.79. The molecule has 2 aromatic heterocycles. The predicted octanol–water partition coefficient (Wildman–Crippen LogP) is 3.54. The highest BCUT2D eigenvalue weighted by Gasteiger charge is 2.19. The van der Waals surface area contributed by atoms with Gasteiger partial charge in [0.25, 0.3) is 5.91 Å². The van der Waals surface area contributed by atoms with Gasteiger partial charge in [-0.05, 0) is 19.4 Å². The molecule has 1 N–H and O–H groups in total. The molecule has 0 radical (unpaired) electrons. The molecule has 0 atom stereocenters. The topological polar surface area (TPSA) is 86.8 Å². The number of nitrogens with one attached hydrogen (secondary N) is 1. The van der Waals surface area contributed by atoms with Gasteiger partial charge in [-0.1, -0.05) is 41.8 Å². The maximum atomic E-state index is 12.3. The zero-order valence-electron chi connectivity index (χ0n) is 16.5. The molecule has 0 fully saturated rings. The molecule has 9 heteroatoms. The normalized spacial score (nSPS) is 10.6. The first kappa shape index (κ1) is 20.9. The summed E-state index contributed by atoms with van der Waals surface area (Å²) in [6.45, 7) is 5.90. The van der Waals surface area contributed by atoms with Crippen LogP contribution >= 0.6 is 23.3 Å². The molecule has 0 unspecified atom stereocenters. The standard InChI is InChI=1S/C20H22N6OS2/c1-14-4-6-16(7-5-14)12-25(8-9-26-13-17(10-21)11-22-26)20-23-18(15(2)29-20)19(27)24-28-3/h4-7,11,13H,8-9,12H2,1-3H3,(H,24,27). The van der Waals surface area contributed by atoms with Gasteiger partial charge < -0.3 is 4.90 Å². The van der Waals surface area contributed by atoms with Crippen molar-refractivity contribution in [1.29, 1.82) is 5.26 Å². The van der Waals surface area contributed by atoms with E-state index in [9.17, 15) is 4.79 Å². The molecule has 0 aliphatic carbocycles. The summed E-state index contributed by atoms with van der Waals surface area (Å²) in [7, 11) is 0. The van der Waals surface area contributed by atoms with Gasteiger partial charge in [0.2, 0.25) is 0 Å². The van der Waals surface area contributed by atoms with Gasteiger partial charge in [0.15, 0.2) is 5.13 Å². The number of anilines is 1. The quantitative estimate of drug-likeness (QED) is 0.555. The first-order valence-corrected chi connectivity index (χ1v) is 11.1. The molecule has 0 saturated heterocycles. The number of benzene rings is 1. The van der Waals surface area contributed by atoms with Gasteiger partial charge >= 0.3 is 0 Å². The SMILES string of the molecule is CSNC(=O)c1nc(N(CCn2cc(C#N)cn2)Cc2ccc(C)cc2)sc1C. The van der Waals surface area contributed by atoms with Gasteiger partial charge in [0.1, 0.15) is 11.8 Å². The number of hydrogen-bond donors (Lipinski definition) is 1. The van der Waals surface area contributed by atoms with E-state index < -0.39 is 0 Å². The lowest BCUT2D eigenvalue weighted by molar-refractivity contribution is 0.0980. The number of aromatic nitrogens is 3. The Kier molecular flexibility index (Phi) is 6.90. The van der Waals surface area contributed by atoms with Crippen LogP contribution in [-0.2, 0) is 13.1 Å². The summed E-state index contributed by atoms with van der Waals surface area (Å²) >= 11 is 2.77. The summed E-state index contributed by atoms with van der Waals surface area (Å²) in [6, 6.07) is 10.5. The Bertz CT molecular complexity index is 1020. The van der Waals surface area contributed by atoms with Crippen molar-refractivity contribution in [2.24, 2.45) is 0 Å². The lowest BCUT2D eigenvalue weighted by Gasteiger charge is -2.22. The minimum absolute atomic E-state index is 0.182. The van der Waals surface area contributed by atoms with E-state index in [2.05, 4.69) is 57.0 Å². The van der Waals surface area contributed by atoms with Crippen molar-refractivity contribution in [2.75, 3.05) is 17.7 Å². The maximum absolute atomic E-state index is 12.3. The number of nitrogens with zero attached hydrogens (tertiary/aromatic N) is 5. The Labute approximate surface area is 178 Å². The number of rotatable bonds is 8. The van der Waals surface area contributed by atoms with Crippen LogP contribution in [0.1, 0.15) is 32.1 Å². The maximum Gasteiger partial charge on any atom is 0.280 e. The molecule has 1 amide bonds. The third kappa shape index (κ3) is 5.37. The molecule has 150 valence electrons. The highest BCUT2D eigenvalue weighted by atomic mass is 32.2. The Balaban J connectivity index is 1.83. The van der Waals surface area contributed by atoms with Crippen LogP contribution < -0.4 is 9.62 Å². The van der Waals surface area contributed by atoms with E-state index >= 15 is 0 Å². The van der Waals surface area contributed by atoms with Gasteiger partial charge in [0.05, 0.1) is 18.3 Å². The first-order valence-electron chi connectivity index (χ1n) is 9.04. The average Bonchev–Trinajstić information content (AvgIpc) is 3.33. The van der Waals surface area contributed by atoms with Gasteiger partial charge in [-0.25, -0.2) is 4.98 Å². The van der Waals surface area contributed by atoms with Crippen molar-refractivity contribution in [3.8, 4) is 6.07 Å². The zero-order chi connectivity index (χ0) is 20.8. The monoisotopic (exact) mass is 426 g/mol. The van der Waals surface area contributed by atoms with Crippen LogP contribution in [-0.4, -0.2) is 33.5 Å². The van der Waals surface area contributed by atoms with Gasteiger partial charge in [-0.15, -0.1) is 11.3 Å². The van der Waals surface area contributed by atoms with Crippen LogP contribution in [0.15, 0.2) is 36.7 Å². The molecule has 0 spiro atoms. The number of carbonyl (C=O) groups excluding carboxylic acids is 1. The number of nitriles is 1. The molecular weight excluding hydrogens is 404 g/mol. The molecular formula is C20H22N6OS2. The van der Waals surface area contributed by atoms with E-state index in [1.165, 1.54) is 28.8 Å². The van der Waals surface area contributed by atoms with Gasteiger partial charge in [0, 0.05) is 30.4 Å². The highest BCUT2D eigenvalue weighted by Crippen LogP contribution is 2.27. The molecule has 0 saturated carbocycles. The molecule has 2 heterocycles. The number of thiazole rings is 1. The smallest absolute Gasteiger partial charge is 0.280 e. The van der Waals surface area contributed by atoms with Crippen LogP contribution in [0.25, 0.3) is 0 Å². The average molecular weight is 427 g/mol. The predicted molar refractivity (Wildman–Crippen MR) is 117 cm³/mol. The molecule has 7 nitrogen and oxygen atoms in total. The van der Waals surface area contributed by atoms with E-state index in [0.717, 1.165) is 15.6 Å². The third-order valence-electron chi connectivity index (χ3n) is 4.32. The summed E-state index contributed by atoms with van der Waals surface area (Å²) in [6.07, 6.45) is 5.10. The van der Waals surface area contributed by atoms with E-state index in [1.807, 2.05) is 13.2 Å². The number of hydrogen-bond acceptors (Lipinski definition) is 7. The van der Waals surface area contributed by atoms with Crippen LogP contribution in [0, 0.1) is 25.2 Å². The Morgan fingerprint density at radius 2 is 2.10 bits per heavy atom. The number of carbonyl (C=O) groups is 1. The Hall–Kier alpha value is -2.83. The Morgan fingerprint density at radius 1 is 1.34 bits per heavy atom. The van der Waals surface area contributed by atoms with Gasteiger partial charge in [-0.2, -0.15) is 10.4 Å². The van der Waals surface area contributed by atoms with E-state index in [0.29, 0.717) is 30.9 Å². The van der Waals surface area contributed by atoms with E-state index in [4.69, 9.17) is 5.26 Å². The van der Waals surface area contributed by atoms with Crippen LogP contribution in [0.5, 0.6) is 0 Å². The number of amides is 1. The molecule has 29 heavy (non-hydrogen) atoms. The molecule has 0 aliphatic rings. The fourth-order valence-corrected chi connectivity index (χ4v) is 4.01. The van der Waals surface area contributed by atoms with Crippen LogP contribution in [0.3, 0.4) is 0 Å². The minimum Gasteiger partial charge on any atom is -0.342 e. The van der Waals surface area contributed by atoms with Crippen molar-refractivity contribution in [2.45, 2.75) is 26.9 Å². The lowest BCUT2D eigenvalue weighted by Crippen LogP contribution is -2.27. The first-order chi connectivity index (χ1) is 14.0. The Morgan fingerprint density at radius 3 is 2.76 bits per heavy atom. The van der Waals surface area contributed by atoms with Crippen molar-refractivity contribution in [3.63, 3.8) is 0 Å². The second-order valence-corrected chi connectivity index (χ2v) is 8.34. The molecule has 0 bridgehead atoms. The van der Waals surface area contributed by atoms with Crippen molar-refractivity contribution < 1.29 is 4.79 Å². The molecule has 1 aromatic carbocycles. The summed E-state index contributed by atoms with van der Waals surface area (Å²) in [5.74, 6) is -0.182. The van der Waals surface area contributed by atoms with Gasteiger partial charge in [-0.3, -0.25) is 14.2 Å². The minimum atomic E-state index is -0.182. The largest absolute Gasteiger partial charge is 0.342 e. The third-order valence-corrected chi connectivity index (χ3v) is 5.74. The molecule has 3 rings (SSSR count). The van der Waals surface area contributed by atoms with Crippen molar-refractivity contribution in [3.05, 3.63) is 63.9 Å². The van der Waals surface area contributed by atoms with Crippen molar-refractivity contribution in [1.82, 2.24) is 19.5 Å². The highest BCUT2D eigenvalue weighted by molar-refractivity contribution is 7.97. The summed E-state index contributed by atoms with van der Waals surface area (Å²) < 4.78 is 4.49. The van der Waals surface area contributed by atoms with Crippen molar-refractivity contribution >= 4 is 34.3 Å². The van der Waals surface area contributed by atoms with Crippen LogP contribution in [0.4, 0.5) is 5.13 Å². The zero-order valence-corrected chi connectivity index (χ0v) is 18.2. The second-order valence-electron chi connectivity index (χ2n) is 6.55. The number of aryl methyl sites for hydroxylation is 2. The lowest BCUT2D eigenvalue weighted by atomic mass is 10.1. The second kappa shape index (κ2) is 9.58. The fraction of sp³-hybridized carbons (Fsp3) is 0.300. The van der Waals surface area contributed by atoms with E-state index in [1.54, 1.807) is 17.1 Å².